The molecule has 0 amide bonds. The van der Waals surface area contributed by atoms with Crippen LogP contribution in [-0.2, 0) is 19.1 Å². The molecule has 9 nitrogen and oxygen atoms in total. The largest absolute Gasteiger partial charge is 0.493 e. The summed E-state index contributed by atoms with van der Waals surface area (Å²) in [7, 11) is 5.73. The number of ether oxygens (including phenoxy) is 7. The molecule has 1 aliphatic carbocycles. The summed E-state index contributed by atoms with van der Waals surface area (Å²) in [5.74, 6) is -0.766. The first-order valence-corrected chi connectivity index (χ1v) is 10.6. The highest BCUT2D eigenvalue weighted by Crippen LogP contribution is 2.63. The number of cyclic esters (lactones) is 1. The van der Waals surface area contributed by atoms with Gasteiger partial charge in [-0.25, -0.2) is 0 Å². The molecule has 3 atom stereocenters. The fourth-order valence-electron chi connectivity index (χ4n) is 5.43. The molecular weight excluding hydrogens is 444 g/mol. The Morgan fingerprint density at radius 3 is 2.32 bits per heavy atom. The minimum atomic E-state index is -1.72. The van der Waals surface area contributed by atoms with E-state index >= 15 is 0 Å². The maximum atomic E-state index is 13.5. The molecule has 5 rings (SSSR count). The zero-order chi connectivity index (χ0) is 24.2. The van der Waals surface area contributed by atoms with Crippen molar-refractivity contribution in [1.29, 1.82) is 0 Å². The number of hydrogen-bond acceptors (Lipinski definition) is 9. The molecule has 0 N–H and O–H groups in total. The molecule has 0 saturated carbocycles. The molecule has 0 radical (unpaired) electrons. The molecule has 0 bridgehead atoms. The van der Waals surface area contributed by atoms with Crippen LogP contribution in [0, 0.1) is 11.3 Å². The molecule has 3 aliphatic rings. The van der Waals surface area contributed by atoms with Gasteiger partial charge in [0.25, 0.3) is 0 Å². The lowest BCUT2D eigenvalue weighted by molar-refractivity contribution is -0.165. The molecule has 34 heavy (non-hydrogen) atoms. The van der Waals surface area contributed by atoms with Gasteiger partial charge in [0, 0.05) is 17.4 Å². The van der Waals surface area contributed by atoms with Gasteiger partial charge in [0.05, 0.1) is 35.0 Å². The van der Waals surface area contributed by atoms with Gasteiger partial charge in [-0.05, 0) is 34.9 Å². The van der Waals surface area contributed by atoms with Crippen molar-refractivity contribution in [2.24, 2.45) is 11.3 Å². The van der Waals surface area contributed by atoms with E-state index in [-0.39, 0.29) is 13.4 Å². The van der Waals surface area contributed by atoms with Gasteiger partial charge in [-0.1, -0.05) is 12.6 Å². The average molecular weight is 468 g/mol. The Hall–Kier alpha value is -3.88. The number of benzene rings is 2. The SMILES string of the molecule is C=C1c2cc3c(cc2[C@@H](c2ccc(OC)c(OC)c2OC)[C@]2(C(=O)OC)C(=O)OC[C@H]12)OCO3. The van der Waals surface area contributed by atoms with Crippen molar-refractivity contribution < 1.29 is 42.7 Å². The van der Waals surface area contributed by atoms with Crippen molar-refractivity contribution in [2.75, 3.05) is 41.8 Å². The second-order valence-corrected chi connectivity index (χ2v) is 8.19. The molecule has 9 heteroatoms. The molecule has 2 aliphatic heterocycles. The Morgan fingerprint density at radius 2 is 1.68 bits per heavy atom. The van der Waals surface area contributed by atoms with Crippen molar-refractivity contribution in [3.05, 3.63) is 47.5 Å². The third kappa shape index (κ3) is 2.66. The van der Waals surface area contributed by atoms with Gasteiger partial charge >= 0.3 is 11.9 Å². The number of carbonyl (C=O) groups excluding carboxylic acids is 2. The third-order valence-electron chi connectivity index (χ3n) is 6.91. The van der Waals surface area contributed by atoms with Crippen molar-refractivity contribution >= 4 is 17.5 Å². The monoisotopic (exact) mass is 468 g/mol. The summed E-state index contributed by atoms with van der Waals surface area (Å²) in [6.45, 7) is 4.30. The van der Waals surface area contributed by atoms with Gasteiger partial charge in [0.15, 0.2) is 28.4 Å². The molecule has 1 fully saturated rings. The first kappa shape index (κ1) is 21.9. The van der Waals surface area contributed by atoms with Crippen LogP contribution in [0.2, 0.25) is 0 Å². The highest BCUT2D eigenvalue weighted by Gasteiger charge is 2.68. The van der Waals surface area contributed by atoms with Crippen LogP contribution < -0.4 is 23.7 Å². The van der Waals surface area contributed by atoms with Crippen molar-refractivity contribution in [3.63, 3.8) is 0 Å². The van der Waals surface area contributed by atoms with Crippen molar-refractivity contribution in [2.45, 2.75) is 5.92 Å². The molecule has 2 heterocycles. The van der Waals surface area contributed by atoms with Gasteiger partial charge < -0.3 is 33.2 Å². The van der Waals surface area contributed by atoms with Crippen LogP contribution in [0.4, 0.5) is 0 Å². The van der Waals surface area contributed by atoms with Crippen LogP contribution in [0.1, 0.15) is 22.6 Å². The van der Waals surface area contributed by atoms with E-state index in [4.69, 9.17) is 33.2 Å². The first-order valence-electron chi connectivity index (χ1n) is 10.6. The number of rotatable bonds is 5. The maximum Gasteiger partial charge on any atom is 0.325 e. The molecule has 0 aromatic heterocycles. The van der Waals surface area contributed by atoms with E-state index in [2.05, 4.69) is 6.58 Å². The average Bonchev–Trinajstić information content (AvgIpc) is 3.46. The lowest BCUT2D eigenvalue weighted by Crippen LogP contribution is -2.50. The van der Waals surface area contributed by atoms with Crippen molar-refractivity contribution in [3.8, 4) is 28.7 Å². The second-order valence-electron chi connectivity index (χ2n) is 8.19. The van der Waals surface area contributed by atoms with Crippen LogP contribution in [0.5, 0.6) is 28.7 Å². The summed E-state index contributed by atoms with van der Waals surface area (Å²) in [6, 6.07) is 7.05. The predicted octanol–water partition coefficient (Wildman–Crippen LogP) is 2.93. The number of fused-ring (bicyclic) bond motifs is 3. The molecule has 0 unspecified atom stereocenters. The van der Waals surface area contributed by atoms with Gasteiger partial charge in [0.2, 0.25) is 12.5 Å². The second kappa shape index (κ2) is 7.86. The first-order chi connectivity index (χ1) is 16.4. The fraction of sp³-hybridized carbons (Fsp3) is 0.360. The van der Waals surface area contributed by atoms with Crippen molar-refractivity contribution in [1.82, 2.24) is 0 Å². The van der Waals surface area contributed by atoms with Crippen LogP contribution in [0.3, 0.4) is 0 Å². The van der Waals surface area contributed by atoms with Crippen LogP contribution in [0.15, 0.2) is 30.8 Å². The molecule has 2 aromatic carbocycles. The van der Waals surface area contributed by atoms with Crippen LogP contribution in [0.25, 0.3) is 5.57 Å². The predicted molar refractivity (Wildman–Crippen MR) is 118 cm³/mol. The highest BCUT2D eigenvalue weighted by molar-refractivity contribution is 6.07. The summed E-state index contributed by atoms with van der Waals surface area (Å²) in [6.07, 6.45) is 0. The Bertz CT molecular complexity index is 1220. The fourth-order valence-corrected chi connectivity index (χ4v) is 5.43. The number of methoxy groups -OCH3 is 4. The molecule has 178 valence electrons. The Morgan fingerprint density at radius 1 is 0.971 bits per heavy atom. The maximum absolute atomic E-state index is 13.5. The summed E-state index contributed by atoms with van der Waals surface area (Å²) < 4.78 is 38.7. The standard InChI is InChI=1S/C25H24O9/c1-12-14-8-18-19(34-11-33-18)9-15(14)20(25(23(26)31-5)16(12)10-32-24(25)27)13-6-7-17(28-2)22(30-4)21(13)29-3/h6-9,16,20H,1,10-11H2,2-5H3/t16-,20-,25-/m1/s1. The van der Waals surface area contributed by atoms with E-state index < -0.39 is 29.2 Å². The number of esters is 2. The van der Waals surface area contributed by atoms with E-state index in [9.17, 15) is 9.59 Å². The Kier molecular flexibility index (Phi) is 5.07. The summed E-state index contributed by atoms with van der Waals surface area (Å²) in [4.78, 5) is 27.0. The number of hydrogen-bond donors (Lipinski definition) is 0. The van der Waals surface area contributed by atoms with Crippen LogP contribution in [-0.4, -0.2) is 53.8 Å². The van der Waals surface area contributed by atoms with E-state index in [1.807, 2.05) is 6.07 Å². The van der Waals surface area contributed by atoms with Gasteiger partial charge in [-0.2, -0.15) is 0 Å². The van der Waals surface area contributed by atoms with Gasteiger partial charge in [0.1, 0.15) is 0 Å². The van der Waals surface area contributed by atoms with E-state index in [0.717, 1.165) is 5.56 Å². The molecule has 0 spiro atoms. The normalized spacial score (nSPS) is 24.1. The summed E-state index contributed by atoms with van der Waals surface area (Å²) in [5.41, 5.74) is 0.774. The number of carbonyl (C=O) groups is 2. The lowest BCUT2D eigenvalue weighted by Gasteiger charge is -2.42. The minimum absolute atomic E-state index is 0.00719. The summed E-state index contributed by atoms with van der Waals surface area (Å²) >= 11 is 0. The van der Waals surface area contributed by atoms with E-state index in [0.29, 0.717) is 45.4 Å². The van der Waals surface area contributed by atoms with Gasteiger partial charge in [-0.3, -0.25) is 9.59 Å². The van der Waals surface area contributed by atoms with E-state index in [1.165, 1.54) is 28.4 Å². The Labute approximate surface area is 196 Å². The summed E-state index contributed by atoms with van der Waals surface area (Å²) in [5, 5.41) is 0. The molecular formula is C25H24O9. The van der Waals surface area contributed by atoms with E-state index in [1.54, 1.807) is 18.2 Å². The Balaban J connectivity index is 1.89. The zero-order valence-corrected chi connectivity index (χ0v) is 19.3. The highest BCUT2D eigenvalue weighted by atomic mass is 16.7. The zero-order valence-electron chi connectivity index (χ0n) is 19.3. The van der Waals surface area contributed by atoms with Gasteiger partial charge in [-0.15, -0.1) is 0 Å². The topological polar surface area (TPSA) is 98.8 Å². The van der Waals surface area contributed by atoms with Crippen LogP contribution >= 0.6 is 0 Å². The quantitative estimate of drug-likeness (QED) is 0.484. The third-order valence-corrected chi connectivity index (χ3v) is 6.91. The smallest absolute Gasteiger partial charge is 0.325 e. The molecule has 1 saturated heterocycles. The minimum Gasteiger partial charge on any atom is -0.493 e. The molecule has 2 aromatic rings. The lowest BCUT2D eigenvalue weighted by atomic mass is 9.56.